The molecule has 0 aliphatic carbocycles. The van der Waals surface area contributed by atoms with E-state index < -0.39 is 17.4 Å². The molecule has 0 radical (unpaired) electrons. The number of rotatable bonds is 6. The first-order valence-corrected chi connectivity index (χ1v) is 8.17. The molecule has 0 saturated heterocycles. The fourth-order valence-electron chi connectivity index (χ4n) is 1.84. The van der Waals surface area contributed by atoms with E-state index in [2.05, 4.69) is 10.6 Å². The van der Waals surface area contributed by atoms with Crippen molar-refractivity contribution in [2.24, 2.45) is 0 Å². The molecule has 1 aromatic carbocycles. The third-order valence-electron chi connectivity index (χ3n) is 2.94. The third-order valence-corrected chi connectivity index (χ3v) is 3.85. The summed E-state index contributed by atoms with van der Waals surface area (Å²) in [6.45, 7) is 3.63. The van der Waals surface area contributed by atoms with Gasteiger partial charge in [0.2, 0.25) is 0 Å². The summed E-state index contributed by atoms with van der Waals surface area (Å²) in [6, 6.07) is 7.34. The summed E-state index contributed by atoms with van der Waals surface area (Å²) in [4.78, 5) is 23.6. The molecule has 0 aliphatic rings. The summed E-state index contributed by atoms with van der Waals surface area (Å²) < 4.78 is 0. The minimum Gasteiger partial charge on any atom is -0.387 e. The molecule has 6 heteroatoms. The van der Waals surface area contributed by atoms with E-state index in [9.17, 15) is 14.7 Å². The lowest BCUT2D eigenvalue weighted by Crippen LogP contribution is -2.45. The van der Waals surface area contributed by atoms with Crippen molar-refractivity contribution < 1.29 is 14.7 Å². The third kappa shape index (κ3) is 5.77. The Morgan fingerprint density at radius 2 is 1.95 bits per heavy atom. The maximum absolute atomic E-state index is 11.8. The van der Waals surface area contributed by atoms with E-state index in [1.54, 1.807) is 19.1 Å². The highest BCUT2D eigenvalue weighted by atomic mass is 32.2. The summed E-state index contributed by atoms with van der Waals surface area (Å²) in [5.41, 5.74) is 0.570. The van der Waals surface area contributed by atoms with Gasteiger partial charge in [0.15, 0.2) is 0 Å². The van der Waals surface area contributed by atoms with Crippen LogP contribution in [0.5, 0.6) is 0 Å². The first-order chi connectivity index (χ1) is 9.89. The number of carbonyl (C=O) groups is 2. The average Bonchev–Trinajstić information content (AvgIpc) is 2.45. The second-order valence-electron chi connectivity index (χ2n) is 5.08. The lowest BCUT2D eigenvalue weighted by molar-refractivity contribution is -0.136. The summed E-state index contributed by atoms with van der Waals surface area (Å²) in [5.74, 6) is -0.994. The minimum absolute atomic E-state index is 0.0372. The summed E-state index contributed by atoms with van der Waals surface area (Å²) in [7, 11) is 0. The summed E-state index contributed by atoms with van der Waals surface area (Å²) in [6.07, 6.45) is 2.63. The van der Waals surface area contributed by atoms with Crippen LogP contribution in [0.4, 0.5) is 5.69 Å². The van der Waals surface area contributed by atoms with Crippen LogP contribution in [-0.2, 0) is 16.0 Å². The summed E-state index contributed by atoms with van der Waals surface area (Å²) >= 11 is 1.47. The van der Waals surface area contributed by atoms with Gasteiger partial charge in [-0.3, -0.25) is 9.59 Å². The molecule has 0 spiro atoms. The Hall–Kier alpha value is -1.53. The SMILES string of the molecule is CCc1ccccc1NC(=O)C(=O)NCC(C)(O)CSC. The van der Waals surface area contributed by atoms with Crippen LogP contribution in [0, 0.1) is 0 Å². The van der Waals surface area contributed by atoms with Crippen LogP contribution >= 0.6 is 11.8 Å². The number of para-hydroxylation sites is 1. The van der Waals surface area contributed by atoms with Crippen molar-refractivity contribution in [2.75, 3.05) is 23.9 Å². The van der Waals surface area contributed by atoms with Gasteiger partial charge in [-0.2, -0.15) is 11.8 Å². The van der Waals surface area contributed by atoms with E-state index in [0.29, 0.717) is 11.4 Å². The van der Waals surface area contributed by atoms with Gasteiger partial charge in [0.05, 0.1) is 5.60 Å². The Labute approximate surface area is 129 Å². The predicted octanol–water partition coefficient (Wildman–Crippen LogP) is 1.42. The first-order valence-electron chi connectivity index (χ1n) is 6.78. The van der Waals surface area contributed by atoms with Crippen LogP contribution in [0.1, 0.15) is 19.4 Å². The molecule has 21 heavy (non-hydrogen) atoms. The molecule has 0 aliphatic heterocycles. The van der Waals surface area contributed by atoms with E-state index in [1.807, 2.05) is 25.3 Å². The number of nitrogens with one attached hydrogen (secondary N) is 2. The van der Waals surface area contributed by atoms with Gasteiger partial charge in [-0.25, -0.2) is 0 Å². The highest BCUT2D eigenvalue weighted by molar-refractivity contribution is 7.98. The number of thioether (sulfide) groups is 1. The molecule has 3 N–H and O–H groups in total. The van der Waals surface area contributed by atoms with Crippen molar-refractivity contribution in [1.82, 2.24) is 5.32 Å². The number of aliphatic hydroxyl groups is 1. The highest BCUT2D eigenvalue weighted by Crippen LogP contribution is 2.15. The van der Waals surface area contributed by atoms with Crippen LogP contribution in [0.2, 0.25) is 0 Å². The monoisotopic (exact) mass is 310 g/mol. The van der Waals surface area contributed by atoms with Crippen LogP contribution in [0.3, 0.4) is 0 Å². The highest BCUT2D eigenvalue weighted by Gasteiger charge is 2.23. The van der Waals surface area contributed by atoms with Gasteiger partial charge >= 0.3 is 11.8 Å². The number of aryl methyl sites for hydroxylation is 1. The number of hydrogen-bond donors (Lipinski definition) is 3. The van der Waals surface area contributed by atoms with Crippen LogP contribution < -0.4 is 10.6 Å². The average molecular weight is 310 g/mol. The number of carbonyl (C=O) groups excluding carboxylic acids is 2. The van der Waals surface area contributed by atoms with Crippen molar-refractivity contribution in [3.05, 3.63) is 29.8 Å². The second kappa shape index (κ2) is 8.05. The quantitative estimate of drug-likeness (QED) is 0.694. The molecule has 0 aromatic heterocycles. The molecule has 0 heterocycles. The number of amides is 2. The molecule has 1 atom stereocenters. The van der Waals surface area contributed by atoms with Crippen LogP contribution in [0.25, 0.3) is 0 Å². The topological polar surface area (TPSA) is 78.4 Å². The van der Waals surface area contributed by atoms with Crippen molar-refractivity contribution in [3.63, 3.8) is 0 Å². The van der Waals surface area contributed by atoms with Gasteiger partial charge in [-0.15, -0.1) is 0 Å². The van der Waals surface area contributed by atoms with Gasteiger partial charge in [0.1, 0.15) is 0 Å². The Morgan fingerprint density at radius 3 is 2.57 bits per heavy atom. The summed E-state index contributed by atoms with van der Waals surface area (Å²) in [5, 5.41) is 15.0. The molecule has 1 unspecified atom stereocenters. The van der Waals surface area contributed by atoms with E-state index in [4.69, 9.17) is 0 Å². The van der Waals surface area contributed by atoms with Gasteiger partial charge in [-0.05, 0) is 31.2 Å². The van der Waals surface area contributed by atoms with E-state index in [-0.39, 0.29) is 6.54 Å². The fourth-order valence-corrected chi connectivity index (χ4v) is 2.57. The zero-order chi connectivity index (χ0) is 15.9. The molecular formula is C15H22N2O3S. The molecule has 0 saturated carbocycles. The van der Waals surface area contributed by atoms with Crippen molar-refractivity contribution in [1.29, 1.82) is 0 Å². The lowest BCUT2D eigenvalue weighted by Gasteiger charge is -2.22. The van der Waals surface area contributed by atoms with E-state index in [1.165, 1.54) is 11.8 Å². The van der Waals surface area contributed by atoms with Crippen molar-refractivity contribution in [3.8, 4) is 0 Å². The van der Waals surface area contributed by atoms with Gasteiger partial charge in [0, 0.05) is 18.0 Å². The molecule has 5 nitrogen and oxygen atoms in total. The van der Waals surface area contributed by atoms with Crippen LogP contribution in [0.15, 0.2) is 24.3 Å². The Morgan fingerprint density at radius 1 is 1.29 bits per heavy atom. The number of benzene rings is 1. The molecule has 116 valence electrons. The molecule has 2 amide bonds. The maximum atomic E-state index is 11.8. The minimum atomic E-state index is -1.03. The van der Waals surface area contributed by atoms with Crippen molar-refractivity contribution in [2.45, 2.75) is 25.9 Å². The standard InChI is InChI=1S/C15H22N2O3S/c1-4-11-7-5-6-8-12(11)17-14(19)13(18)16-9-15(2,20)10-21-3/h5-8,20H,4,9-10H2,1-3H3,(H,16,18)(H,17,19). The number of hydrogen-bond acceptors (Lipinski definition) is 4. The fraction of sp³-hybridized carbons (Fsp3) is 0.467. The largest absolute Gasteiger partial charge is 0.387 e. The van der Waals surface area contributed by atoms with Gasteiger partial charge in [0.25, 0.3) is 0 Å². The lowest BCUT2D eigenvalue weighted by atomic mass is 10.1. The van der Waals surface area contributed by atoms with Crippen LogP contribution in [-0.4, -0.2) is 41.1 Å². The van der Waals surface area contributed by atoms with Gasteiger partial charge in [-0.1, -0.05) is 25.1 Å². The van der Waals surface area contributed by atoms with Gasteiger partial charge < -0.3 is 15.7 Å². The smallest absolute Gasteiger partial charge is 0.313 e. The molecule has 0 bridgehead atoms. The molecular weight excluding hydrogens is 288 g/mol. The van der Waals surface area contributed by atoms with Crippen molar-refractivity contribution >= 4 is 29.3 Å². The zero-order valence-electron chi connectivity index (χ0n) is 12.6. The Balaban J connectivity index is 2.57. The van der Waals surface area contributed by atoms with E-state index in [0.717, 1.165) is 12.0 Å². The predicted molar refractivity (Wildman–Crippen MR) is 86.5 cm³/mol. The maximum Gasteiger partial charge on any atom is 0.313 e. The second-order valence-corrected chi connectivity index (χ2v) is 5.94. The number of anilines is 1. The Kier molecular flexibility index (Phi) is 6.71. The Bertz CT molecular complexity index is 503. The first kappa shape index (κ1) is 17.5. The molecule has 0 fully saturated rings. The molecule has 1 aromatic rings. The van der Waals surface area contributed by atoms with E-state index >= 15 is 0 Å². The zero-order valence-corrected chi connectivity index (χ0v) is 13.4. The molecule has 1 rings (SSSR count). The normalized spacial score (nSPS) is 13.3.